The van der Waals surface area contributed by atoms with E-state index in [0.717, 1.165) is 4.88 Å². The van der Waals surface area contributed by atoms with Gasteiger partial charge in [0.05, 0.1) is 4.91 Å². The maximum atomic E-state index is 12.5. The number of nitrogens with zero attached hydrogens (tertiary/aromatic N) is 1. The van der Waals surface area contributed by atoms with Crippen LogP contribution in [0, 0.1) is 0 Å². The molecule has 0 bridgehead atoms. The van der Waals surface area contributed by atoms with Crippen LogP contribution in [0.4, 0.5) is 5.69 Å². The molecule has 0 unspecified atom stereocenters. The second kappa shape index (κ2) is 9.88. The summed E-state index contributed by atoms with van der Waals surface area (Å²) in [5.41, 5.74) is -0.0166. The standard InChI is InChI=1S/C20H18N2O5S3/c23-15-7-5-12(11-14(15)19(26)27)21-17(24)4-1-9-22-18(25)16(30-20(22)28)8-6-13-3-2-10-29-13/h2-3,5,7-8,10-11,23H,1,4,6,9H2,(H,21,24)(H,26,27)/b16-8-. The predicted octanol–water partition coefficient (Wildman–Crippen LogP) is 3.86. The number of carboxylic acid groups (broad SMARTS) is 1. The van der Waals surface area contributed by atoms with Crippen LogP contribution in [-0.4, -0.2) is 43.8 Å². The number of thioether (sulfide) groups is 1. The summed E-state index contributed by atoms with van der Waals surface area (Å²) in [6.45, 7) is 0.324. The number of benzene rings is 1. The van der Waals surface area contributed by atoms with Crippen molar-refractivity contribution in [3.63, 3.8) is 0 Å². The molecule has 0 aliphatic carbocycles. The average molecular weight is 463 g/mol. The number of thiophene rings is 1. The lowest BCUT2D eigenvalue weighted by molar-refractivity contribution is -0.122. The first-order valence-electron chi connectivity index (χ1n) is 8.97. The number of carbonyl (C=O) groups is 3. The Bertz CT molecular complexity index is 1020. The van der Waals surface area contributed by atoms with E-state index in [1.54, 1.807) is 11.3 Å². The predicted molar refractivity (Wildman–Crippen MR) is 121 cm³/mol. The Kier molecular flexibility index (Phi) is 7.24. The third-order valence-corrected chi connectivity index (χ3v) is 6.56. The number of hydrogen-bond donors (Lipinski definition) is 3. The van der Waals surface area contributed by atoms with Crippen molar-refractivity contribution in [2.24, 2.45) is 0 Å². The molecule has 0 atom stereocenters. The molecule has 30 heavy (non-hydrogen) atoms. The molecule has 7 nitrogen and oxygen atoms in total. The molecule has 2 aromatic rings. The zero-order chi connectivity index (χ0) is 21.7. The van der Waals surface area contributed by atoms with Gasteiger partial charge in [0.25, 0.3) is 5.91 Å². The minimum absolute atomic E-state index is 0.134. The summed E-state index contributed by atoms with van der Waals surface area (Å²) < 4.78 is 0.475. The number of hydrogen-bond acceptors (Lipinski definition) is 7. The van der Waals surface area contributed by atoms with Crippen molar-refractivity contribution in [3.05, 3.63) is 57.1 Å². The summed E-state index contributed by atoms with van der Waals surface area (Å²) in [5.74, 6) is -2.13. The molecule has 1 fully saturated rings. The number of aromatic carboxylic acids is 1. The quantitative estimate of drug-likeness (QED) is 0.311. The Hall–Kier alpha value is -2.69. The number of phenols is 1. The van der Waals surface area contributed by atoms with Gasteiger partial charge in [-0.3, -0.25) is 14.5 Å². The second-order valence-corrected chi connectivity index (χ2v) is 9.07. The molecule has 1 aliphatic heterocycles. The van der Waals surface area contributed by atoms with E-state index in [9.17, 15) is 19.5 Å². The second-order valence-electron chi connectivity index (χ2n) is 6.37. The lowest BCUT2D eigenvalue weighted by Crippen LogP contribution is -2.29. The first-order valence-corrected chi connectivity index (χ1v) is 11.1. The van der Waals surface area contributed by atoms with Crippen molar-refractivity contribution in [1.82, 2.24) is 4.90 Å². The number of carbonyl (C=O) groups excluding carboxylic acids is 2. The lowest BCUT2D eigenvalue weighted by atomic mass is 10.1. The van der Waals surface area contributed by atoms with Gasteiger partial charge in [-0.25, -0.2) is 4.79 Å². The van der Waals surface area contributed by atoms with Crippen LogP contribution < -0.4 is 5.32 Å². The van der Waals surface area contributed by atoms with Crippen LogP contribution in [0.1, 0.15) is 28.1 Å². The topological polar surface area (TPSA) is 107 Å². The molecular formula is C20H18N2O5S3. The van der Waals surface area contributed by atoms with Gasteiger partial charge in [0.2, 0.25) is 5.91 Å². The van der Waals surface area contributed by atoms with E-state index in [2.05, 4.69) is 5.32 Å². The molecule has 3 rings (SSSR count). The zero-order valence-electron chi connectivity index (χ0n) is 15.7. The van der Waals surface area contributed by atoms with Gasteiger partial charge in [0.1, 0.15) is 15.6 Å². The van der Waals surface area contributed by atoms with Crippen molar-refractivity contribution in [1.29, 1.82) is 0 Å². The van der Waals surface area contributed by atoms with Gasteiger partial charge in [-0.1, -0.05) is 36.1 Å². The van der Waals surface area contributed by atoms with E-state index in [0.29, 0.717) is 28.6 Å². The van der Waals surface area contributed by atoms with Crippen molar-refractivity contribution >= 4 is 63.1 Å². The maximum absolute atomic E-state index is 12.5. The normalized spacial score (nSPS) is 15.1. The summed E-state index contributed by atoms with van der Waals surface area (Å²) in [4.78, 5) is 39.0. The van der Waals surface area contributed by atoms with Gasteiger partial charge in [0.15, 0.2) is 0 Å². The highest BCUT2D eigenvalue weighted by molar-refractivity contribution is 8.26. The van der Waals surface area contributed by atoms with E-state index < -0.39 is 5.97 Å². The fraction of sp³-hybridized carbons (Fsp3) is 0.200. The number of amides is 2. The third-order valence-electron chi connectivity index (χ3n) is 4.24. The van der Waals surface area contributed by atoms with E-state index in [-0.39, 0.29) is 35.2 Å². The van der Waals surface area contributed by atoms with Crippen molar-refractivity contribution in [2.75, 3.05) is 11.9 Å². The highest BCUT2D eigenvalue weighted by atomic mass is 32.2. The van der Waals surface area contributed by atoms with Crippen LogP contribution >= 0.6 is 35.3 Å². The summed E-state index contributed by atoms with van der Waals surface area (Å²) in [6.07, 6.45) is 3.09. The Labute approximate surface area is 186 Å². The van der Waals surface area contributed by atoms with E-state index >= 15 is 0 Å². The fourth-order valence-electron chi connectivity index (χ4n) is 2.76. The van der Waals surface area contributed by atoms with Gasteiger partial charge < -0.3 is 15.5 Å². The number of aromatic hydroxyl groups is 1. The van der Waals surface area contributed by atoms with Crippen molar-refractivity contribution < 1.29 is 24.6 Å². The summed E-state index contributed by atoms with van der Waals surface area (Å²) in [7, 11) is 0. The SMILES string of the molecule is O=C(CCCN1C(=O)/C(=C/Cc2cccs2)SC1=S)Nc1ccc(O)c(C(=O)O)c1. The molecule has 156 valence electrons. The Morgan fingerprint density at radius 3 is 2.77 bits per heavy atom. The largest absolute Gasteiger partial charge is 0.507 e. The van der Waals surface area contributed by atoms with Crippen LogP contribution in [0.5, 0.6) is 5.75 Å². The average Bonchev–Trinajstić information content (AvgIpc) is 3.31. The van der Waals surface area contributed by atoms with Crippen LogP contribution in [0.2, 0.25) is 0 Å². The monoisotopic (exact) mass is 462 g/mol. The molecule has 2 heterocycles. The van der Waals surface area contributed by atoms with Gasteiger partial charge in [-0.2, -0.15) is 0 Å². The van der Waals surface area contributed by atoms with Gasteiger partial charge in [-0.05, 0) is 36.1 Å². The highest BCUT2D eigenvalue weighted by Crippen LogP contribution is 2.31. The first kappa shape index (κ1) is 22.0. The minimum Gasteiger partial charge on any atom is -0.507 e. The van der Waals surface area contributed by atoms with Crippen molar-refractivity contribution in [3.8, 4) is 5.75 Å². The minimum atomic E-state index is -1.29. The number of thiocarbonyl (C=S) groups is 1. The van der Waals surface area contributed by atoms with Crippen LogP contribution in [0.25, 0.3) is 0 Å². The molecule has 0 spiro atoms. The van der Waals surface area contributed by atoms with Crippen molar-refractivity contribution in [2.45, 2.75) is 19.3 Å². The number of rotatable bonds is 8. The number of allylic oxidation sites excluding steroid dienone is 1. The zero-order valence-corrected chi connectivity index (χ0v) is 18.1. The molecule has 1 saturated heterocycles. The first-order chi connectivity index (χ1) is 14.3. The Balaban J connectivity index is 1.50. The maximum Gasteiger partial charge on any atom is 0.339 e. The van der Waals surface area contributed by atoms with E-state index in [4.69, 9.17) is 17.3 Å². The number of anilines is 1. The number of nitrogens with one attached hydrogen (secondary N) is 1. The molecule has 3 N–H and O–H groups in total. The highest BCUT2D eigenvalue weighted by Gasteiger charge is 2.31. The molecule has 0 radical (unpaired) electrons. The summed E-state index contributed by atoms with van der Waals surface area (Å²) in [5, 5.41) is 23.1. The van der Waals surface area contributed by atoms with Gasteiger partial charge in [0, 0.05) is 30.0 Å². The summed E-state index contributed by atoms with van der Waals surface area (Å²) >= 11 is 8.19. The van der Waals surface area contributed by atoms with Gasteiger partial charge >= 0.3 is 5.97 Å². The molecular weight excluding hydrogens is 444 g/mol. The smallest absolute Gasteiger partial charge is 0.339 e. The molecule has 10 heteroatoms. The third kappa shape index (κ3) is 5.47. The summed E-state index contributed by atoms with van der Waals surface area (Å²) in [6, 6.07) is 7.79. The van der Waals surface area contributed by atoms with Crippen LogP contribution in [-0.2, 0) is 16.0 Å². The van der Waals surface area contributed by atoms with Gasteiger partial charge in [-0.15, -0.1) is 11.3 Å². The van der Waals surface area contributed by atoms with Crippen LogP contribution in [0.15, 0.2) is 46.7 Å². The Morgan fingerprint density at radius 1 is 1.27 bits per heavy atom. The molecule has 2 amide bonds. The number of carboxylic acids is 1. The van der Waals surface area contributed by atoms with E-state index in [1.807, 2.05) is 23.6 Å². The Morgan fingerprint density at radius 2 is 2.07 bits per heavy atom. The van der Waals surface area contributed by atoms with Crippen LogP contribution in [0.3, 0.4) is 0 Å². The molecule has 0 saturated carbocycles. The fourth-order valence-corrected chi connectivity index (χ4v) is 4.71. The van der Waals surface area contributed by atoms with E-state index in [1.165, 1.54) is 34.9 Å². The lowest BCUT2D eigenvalue weighted by Gasteiger charge is -2.14. The molecule has 1 aromatic heterocycles. The molecule has 1 aromatic carbocycles. The molecule has 1 aliphatic rings.